The highest BCUT2D eigenvalue weighted by Gasteiger charge is 2.24. The van der Waals surface area contributed by atoms with Gasteiger partial charge in [-0.3, -0.25) is 5.10 Å². The van der Waals surface area contributed by atoms with Gasteiger partial charge >= 0.3 is 0 Å². The van der Waals surface area contributed by atoms with Crippen LogP contribution in [0.4, 0.5) is 5.13 Å². The number of hydrogen-bond acceptors (Lipinski definition) is 4. The molecule has 0 aromatic carbocycles. The smallest absolute Gasteiger partial charge is 0.204 e. The molecule has 2 atom stereocenters. The van der Waals surface area contributed by atoms with Crippen molar-refractivity contribution in [1.29, 1.82) is 0 Å². The van der Waals surface area contributed by atoms with E-state index in [4.69, 9.17) is 12.2 Å². The van der Waals surface area contributed by atoms with E-state index < -0.39 is 0 Å². The zero-order chi connectivity index (χ0) is 10.8. The number of hydrogen-bond donors (Lipinski definition) is 2. The van der Waals surface area contributed by atoms with Crippen molar-refractivity contribution in [3.05, 3.63) is 3.95 Å². The molecule has 1 aliphatic rings. The van der Waals surface area contributed by atoms with Crippen LogP contribution in [0.15, 0.2) is 0 Å². The minimum absolute atomic E-state index is 0.567. The molecule has 1 aromatic heterocycles. The minimum Gasteiger partial charge on any atom is -0.357 e. The van der Waals surface area contributed by atoms with Gasteiger partial charge in [-0.25, -0.2) is 0 Å². The highest BCUT2D eigenvalue weighted by Crippen LogP contribution is 2.30. The van der Waals surface area contributed by atoms with Gasteiger partial charge < -0.3 is 5.32 Å². The van der Waals surface area contributed by atoms with Crippen LogP contribution in [0.5, 0.6) is 0 Å². The van der Waals surface area contributed by atoms with Crippen LogP contribution in [0.3, 0.4) is 0 Å². The van der Waals surface area contributed by atoms with Gasteiger partial charge in [0.25, 0.3) is 0 Å². The number of nitrogens with one attached hydrogen (secondary N) is 2. The normalized spacial score (nSPS) is 31.5. The van der Waals surface area contributed by atoms with Crippen molar-refractivity contribution in [1.82, 2.24) is 10.2 Å². The van der Waals surface area contributed by atoms with Gasteiger partial charge in [-0.05, 0) is 43.3 Å². The summed E-state index contributed by atoms with van der Waals surface area (Å²) in [5.74, 6) is 1.64. The number of anilines is 1. The Morgan fingerprint density at radius 3 is 2.53 bits per heavy atom. The second kappa shape index (κ2) is 4.61. The Hall–Kier alpha value is -0.420. The second-order valence-corrected chi connectivity index (χ2v) is 6.34. The van der Waals surface area contributed by atoms with Gasteiger partial charge in [0.05, 0.1) is 0 Å². The highest BCUT2D eigenvalue weighted by molar-refractivity contribution is 7.73. The summed E-state index contributed by atoms with van der Waals surface area (Å²) in [4.78, 5) is 0. The largest absolute Gasteiger partial charge is 0.357 e. The van der Waals surface area contributed by atoms with E-state index in [1.54, 1.807) is 0 Å². The molecule has 0 spiro atoms. The predicted octanol–water partition coefficient (Wildman–Crippen LogP) is 3.44. The number of H-pyrrole nitrogens is 1. The lowest BCUT2D eigenvalue weighted by atomic mass is 9.80. The SMILES string of the molecule is CC1CC(C)CC(Nc2n[nH]c(=S)s2)C1. The maximum absolute atomic E-state index is 5.01. The fraction of sp³-hybridized carbons (Fsp3) is 0.800. The van der Waals surface area contributed by atoms with Gasteiger partial charge in [-0.2, -0.15) is 0 Å². The van der Waals surface area contributed by atoms with Crippen LogP contribution in [0.25, 0.3) is 0 Å². The summed E-state index contributed by atoms with van der Waals surface area (Å²) in [6.45, 7) is 4.66. The topological polar surface area (TPSA) is 40.7 Å². The summed E-state index contributed by atoms with van der Waals surface area (Å²) in [5, 5.41) is 11.3. The number of rotatable bonds is 2. The van der Waals surface area contributed by atoms with Gasteiger partial charge in [-0.1, -0.05) is 25.2 Å². The molecule has 1 fully saturated rings. The van der Waals surface area contributed by atoms with Crippen LogP contribution < -0.4 is 5.32 Å². The zero-order valence-electron chi connectivity index (χ0n) is 9.12. The third-order valence-electron chi connectivity index (χ3n) is 2.94. The first-order chi connectivity index (χ1) is 7.13. The molecule has 2 unspecified atom stereocenters. The monoisotopic (exact) mass is 243 g/mol. The van der Waals surface area contributed by atoms with Crippen molar-refractivity contribution in [2.75, 3.05) is 5.32 Å². The molecule has 1 heterocycles. The Balaban J connectivity index is 1.96. The molecule has 2 rings (SSSR count). The van der Waals surface area contributed by atoms with E-state index in [9.17, 15) is 0 Å². The van der Waals surface area contributed by atoms with E-state index in [-0.39, 0.29) is 0 Å². The molecule has 0 saturated heterocycles. The summed E-state index contributed by atoms with van der Waals surface area (Å²) < 4.78 is 0.745. The van der Waals surface area contributed by atoms with Crippen LogP contribution in [-0.2, 0) is 0 Å². The third kappa shape index (κ3) is 3.01. The van der Waals surface area contributed by atoms with Crippen molar-refractivity contribution in [3.63, 3.8) is 0 Å². The highest BCUT2D eigenvalue weighted by atomic mass is 32.1. The first-order valence-corrected chi connectivity index (χ1v) is 6.68. The maximum atomic E-state index is 5.01. The fourth-order valence-electron chi connectivity index (χ4n) is 2.53. The van der Waals surface area contributed by atoms with Crippen LogP contribution in [0.1, 0.15) is 33.1 Å². The summed E-state index contributed by atoms with van der Waals surface area (Å²) in [6.07, 6.45) is 3.85. The Labute approximate surface area is 99.3 Å². The van der Waals surface area contributed by atoms with Crippen molar-refractivity contribution in [2.24, 2.45) is 11.8 Å². The van der Waals surface area contributed by atoms with Crippen LogP contribution in [0.2, 0.25) is 0 Å². The molecular weight excluding hydrogens is 226 g/mol. The zero-order valence-corrected chi connectivity index (χ0v) is 10.8. The van der Waals surface area contributed by atoms with Crippen molar-refractivity contribution < 1.29 is 0 Å². The van der Waals surface area contributed by atoms with Crippen LogP contribution >= 0.6 is 23.6 Å². The average Bonchev–Trinajstić information content (AvgIpc) is 2.49. The summed E-state index contributed by atoms with van der Waals surface area (Å²) in [7, 11) is 0. The lowest BCUT2D eigenvalue weighted by Crippen LogP contribution is -2.30. The second-order valence-electron chi connectivity index (χ2n) is 4.68. The van der Waals surface area contributed by atoms with Crippen molar-refractivity contribution in [3.8, 4) is 0 Å². The van der Waals surface area contributed by atoms with E-state index in [1.165, 1.54) is 30.6 Å². The summed E-state index contributed by atoms with van der Waals surface area (Å²) in [5.41, 5.74) is 0. The molecule has 1 aliphatic carbocycles. The third-order valence-corrected chi connectivity index (χ3v) is 3.96. The predicted molar refractivity (Wildman–Crippen MR) is 66.9 cm³/mol. The molecule has 84 valence electrons. The minimum atomic E-state index is 0.567. The molecule has 0 amide bonds. The molecule has 2 N–H and O–H groups in total. The van der Waals surface area contributed by atoms with E-state index in [0.717, 1.165) is 20.9 Å². The summed E-state index contributed by atoms with van der Waals surface area (Å²) in [6, 6.07) is 0.567. The molecule has 5 heteroatoms. The first kappa shape index (κ1) is 11.1. The molecule has 0 bridgehead atoms. The van der Waals surface area contributed by atoms with Crippen LogP contribution in [0, 0.1) is 15.8 Å². The number of aromatic amines is 1. The molecular formula is C10H17N3S2. The Bertz CT molecular complexity index is 361. The van der Waals surface area contributed by atoms with Crippen LogP contribution in [-0.4, -0.2) is 16.2 Å². The van der Waals surface area contributed by atoms with Gasteiger partial charge in [0.15, 0.2) is 3.95 Å². The quantitative estimate of drug-likeness (QED) is 0.782. The molecule has 1 saturated carbocycles. The number of nitrogens with zero attached hydrogens (tertiary/aromatic N) is 1. The molecule has 1 aromatic rings. The van der Waals surface area contributed by atoms with Gasteiger partial charge in [0.2, 0.25) is 5.13 Å². The van der Waals surface area contributed by atoms with E-state index >= 15 is 0 Å². The molecule has 0 aliphatic heterocycles. The standard InChI is InChI=1S/C10H17N3S2/c1-6-3-7(2)5-8(4-6)11-9-12-13-10(14)15-9/h6-8H,3-5H2,1-2H3,(H,11,12)(H,13,14). The Morgan fingerprint density at radius 2 is 2.00 bits per heavy atom. The Morgan fingerprint density at radius 1 is 1.33 bits per heavy atom. The van der Waals surface area contributed by atoms with E-state index in [0.29, 0.717) is 6.04 Å². The average molecular weight is 243 g/mol. The van der Waals surface area contributed by atoms with Gasteiger partial charge in [-0.15, -0.1) is 5.10 Å². The Kier molecular flexibility index (Phi) is 3.41. The van der Waals surface area contributed by atoms with E-state index in [1.807, 2.05) is 0 Å². The van der Waals surface area contributed by atoms with Crippen molar-refractivity contribution >= 4 is 28.7 Å². The molecule has 3 nitrogen and oxygen atoms in total. The maximum Gasteiger partial charge on any atom is 0.204 e. The van der Waals surface area contributed by atoms with E-state index in [2.05, 4.69) is 29.4 Å². The van der Waals surface area contributed by atoms with Gasteiger partial charge in [0.1, 0.15) is 0 Å². The lowest BCUT2D eigenvalue weighted by Gasteiger charge is -2.31. The number of aromatic nitrogens is 2. The van der Waals surface area contributed by atoms with Gasteiger partial charge in [0, 0.05) is 6.04 Å². The summed E-state index contributed by atoms with van der Waals surface area (Å²) >= 11 is 6.53. The fourth-order valence-corrected chi connectivity index (χ4v) is 3.40. The van der Waals surface area contributed by atoms with Crippen molar-refractivity contribution in [2.45, 2.75) is 39.2 Å². The molecule has 0 radical (unpaired) electrons. The first-order valence-electron chi connectivity index (χ1n) is 5.45. The lowest BCUT2D eigenvalue weighted by molar-refractivity contribution is 0.280. The molecule has 15 heavy (non-hydrogen) atoms.